The van der Waals surface area contributed by atoms with Gasteiger partial charge < -0.3 is 14.8 Å². The molecule has 27 heavy (non-hydrogen) atoms. The summed E-state index contributed by atoms with van der Waals surface area (Å²) in [5, 5.41) is 2.98. The molecule has 1 amide bonds. The van der Waals surface area contributed by atoms with E-state index in [4.69, 9.17) is 21.1 Å². The Labute approximate surface area is 162 Å². The van der Waals surface area contributed by atoms with Crippen LogP contribution in [0.1, 0.15) is 6.92 Å². The number of fused-ring (bicyclic) bond motifs is 1. The van der Waals surface area contributed by atoms with Crippen LogP contribution in [0.5, 0.6) is 11.5 Å². The van der Waals surface area contributed by atoms with Gasteiger partial charge >= 0.3 is 0 Å². The number of para-hydroxylation sites is 2. The molecule has 1 aliphatic heterocycles. The van der Waals surface area contributed by atoms with Crippen molar-refractivity contribution in [2.24, 2.45) is 0 Å². The Balaban J connectivity index is 1.51. The molecule has 2 aromatic rings. The topological polar surface area (TPSA) is 93.7 Å². The fourth-order valence-corrected chi connectivity index (χ4v) is 3.93. The quantitative estimate of drug-likeness (QED) is 0.710. The van der Waals surface area contributed by atoms with E-state index in [0.717, 1.165) is 0 Å². The van der Waals surface area contributed by atoms with E-state index < -0.39 is 22.2 Å². The second-order valence-corrected chi connectivity index (χ2v) is 8.16. The van der Waals surface area contributed by atoms with Crippen molar-refractivity contribution in [1.29, 1.82) is 0 Å². The minimum absolute atomic E-state index is 0.0269. The van der Waals surface area contributed by atoms with Gasteiger partial charge in [-0.2, -0.15) is 0 Å². The molecule has 0 fully saturated rings. The molecule has 2 atom stereocenters. The van der Waals surface area contributed by atoms with E-state index >= 15 is 0 Å². The summed E-state index contributed by atoms with van der Waals surface area (Å²) in [6.45, 7) is 1.87. The number of amides is 1. The summed E-state index contributed by atoms with van der Waals surface area (Å²) in [4.78, 5) is 12.4. The van der Waals surface area contributed by atoms with Crippen LogP contribution in [0, 0.1) is 0 Å². The molecular formula is C18H19ClN2O5S. The third-order valence-corrected chi connectivity index (χ3v) is 5.62. The van der Waals surface area contributed by atoms with Gasteiger partial charge in [0.1, 0.15) is 6.10 Å². The van der Waals surface area contributed by atoms with E-state index in [2.05, 4.69) is 10.0 Å². The Morgan fingerprint density at radius 2 is 1.78 bits per heavy atom. The minimum atomic E-state index is -3.70. The number of halogens is 1. The Morgan fingerprint density at radius 3 is 2.48 bits per heavy atom. The molecule has 2 aromatic carbocycles. The maximum Gasteiger partial charge on any atom is 0.265 e. The number of hydrogen-bond donors (Lipinski definition) is 2. The van der Waals surface area contributed by atoms with Gasteiger partial charge in [0.25, 0.3) is 5.91 Å². The van der Waals surface area contributed by atoms with E-state index in [-0.39, 0.29) is 23.9 Å². The van der Waals surface area contributed by atoms with Crippen LogP contribution in [0.4, 0.5) is 0 Å². The molecule has 0 spiro atoms. The summed E-state index contributed by atoms with van der Waals surface area (Å²) in [6.07, 6.45) is -1.28. The van der Waals surface area contributed by atoms with Crippen molar-refractivity contribution in [3.05, 3.63) is 53.6 Å². The highest BCUT2D eigenvalue weighted by molar-refractivity contribution is 7.89. The zero-order valence-corrected chi connectivity index (χ0v) is 16.1. The second-order valence-electron chi connectivity index (χ2n) is 5.95. The van der Waals surface area contributed by atoms with Crippen LogP contribution >= 0.6 is 11.6 Å². The van der Waals surface area contributed by atoms with Gasteiger partial charge in [0, 0.05) is 18.1 Å². The van der Waals surface area contributed by atoms with Crippen LogP contribution in [0.15, 0.2) is 53.4 Å². The SMILES string of the molecule is CC1Oc2ccccc2OC1C(=O)NCCNS(=O)(=O)c1cccc(Cl)c1. The van der Waals surface area contributed by atoms with Gasteiger partial charge in [-0.25, -0.2) is 13.1 Å². The molecule has 1 aliphatic rings. The van der Waals surface area contributed by atoms with Crippen LogP contribution in [-0.4, -0.2) is 39.6 Å². The lowest BCUT2D eigenvalue weighted by atomic mass is 10.1. The maximum absolute atomic E-state index is 12.3. The molecule has 3 rings (SSSR count). The van der Waals surface area contributed by atoms with Gasteiger partial charge in [-0.05, 0) is 37.3 Å². The highest BCUT2D eigenvalue weighted by Crippen LogP contribution is 2.33. The van der Waals surface area contributed by atoms with E-state index in [1.807, 2.05) is 6.07 Å². The van der Waals surface area contributed by atoms with Gasteiger partial charge in [0.15, 0.2) is 11.5 Å². The van der Waals surface area contributed by atoms with E-state index in [1.165, 1.54) is 12.1 Å². The van der Waals surface area contributed by atoms with E-state index in [1.54, 1.807) is 37.3 Å². The lowest BCUT2D eigenvalue weighted by Gasteiger charge is -2.31. The summed E-state index contributed by atoms with van der Waals surface area (Å²) >= 11 is 5.81. The fourth-order valence-electron chi connectivity index (χ4n) is 2.60. The average molecular weight is 411 g/mol. The predicted octanol–water partition coefficient (Wildman–Crippen LogP) is 1.96. The van der Waals surface area contributed by atoms with Crippen molar-refractivity contribution in [3.8, 4) is 11.5 Å². The lowest BCUT2D eigenvalue weighted by Crippen LogP contribution is -2.50. The molecule has 0 aliphatic carbocycles. The van der Waals surface area contributed by atoms with Crippen molar-refractivity contribution in [2.45, 2.75) is 24.0 Å². The standard InChI is InChI=1S/C18H19ClN2O5S/c1-12-17(26-16-8-3-2-7-15(16)25-12)18(22)20-9-10-21-27(23,24)14-6-4-5-13(19)11-14/h2-8,11-12,17,21H,9-10H2,1H3,(H,20,22). The minimum Gasteiger partial charge on any atom is -0.482 e. The largest absolute Gasteiger partial charge is 0.482 e. The maximum atomic E-state index is 12.3. The van der Waals surface area contributed by atoms with E-state index in [0.29, 0.717) is 16.5 Å². The molecule has 144 valence electrons. The fraction of sp³-hybridized carbons (Fsp3) is 0.278. The number of ether oxygens (including phenoxy) is 2. The molecule has 0 aromatic heterocycles. The van der Waals surface area contributed by atoms with Crippen LogP contribution in [-0.2, 0) is 14.8 Å². The first-order valence-corrected chi connectivity index (χ1v) is 10.2. The number of rotatable bonds is 6. The molecule has 0 saturated heterocycles. The second kappa shape index (κ2) is 8.16. The van der Waals surface area contributed by atoms with Crippen molar-refractivity contribution in [1.82, 2.24) is 10.0 Å². The third-order valence-electron chi connectivity index (χ3n) is 3.92. The first-order chi connectivity index (χ1) is 12.9. The lowest BCUT2D eigenvalue weighted by molar-refractivity contribution is -0.133. The number of hydrogen-bond acceptors (Lipinski definition) is 5. The normalized spacial score (nSPS) is 18.7. The zero-order chi connectivity index (χ0) is 19.4. The molecule has 9 heteroatoms. The molecule has 0 radical (unpaired) electrons. The number of carbonyl (C=O) groups excluding carboxylic acids is 1. The first kappa shape index (κ1) is 19.5. The highest BCUT2D eigenvalue weighted by atomic mass is 35.5. The van der Waals surface area contributed by atoms with Crippen molar-refractivity contribution >= 4 is 27.5 Å². The van der Waals surface area contributed by atoms with Crippen LogP contribution in [0.2, 0.25) is 5.02 Å². The van der Waals surface area contributed by atoms with E-state index in [9.17, 15) is 13.2 Å². The third kappa shape index (κ3) is 4.71. The molecule has 2 N–H and O–H groups in total. The smallest absolute Gasteiger partial charge is 0.265 e. The average Bonchev–Trinajstić information content (AvgIpc) is 2.64. The Bertz CT molecular complexity index is 935. The van der Waals surface area contributed by atoms with Crippen molar-refractivity contribution < 1.29 is 22.7 Å². The Morgan fingerprint density at radius 1 is 1.07 bits per heavy atom. The molecule has 0 bridgehead atoms. The van der Waals surface area contributed by atoms with Crippen LogP contribution in [0.3, 0.4) is 0 Å². The molecule has 0 saturated carbocycles. The number of sulfonamides is 1. The van der Waals surface area contributed by atoms with Crippen molar-refractivity contribution in [3.63, 3.8) is 0 Å². The van der Waals surface area contributed by atoms with Gasteiger partial charge in [0.2, 0.25) is 16.1 Å². The van der Waals surface area contributed by atoms with Gasteiger partial charge in [-0.3, -0.25) is 4.79 Å². The summed E-state index contributed by atoms with van der Waals surface area (Å²) in [5.41, 5.74) is 0. The monoisotopic (exact) mass is 410 g/mol. The molecule has 7 nitrogen and oxygen atoms in total. The zero-order valence-electron chi connectivity index (χ0n) is 14.5. The summed E-state index contributed by atoms with van der Waals surface area (Å²) in [7, 11) is -3.70. The number of carbonyl (C=O) groups is 1. The Hall–Kier alpha value is -2.29. The highest BCUT2D eigenvalue weighted by Gasteiger charge is 2.33. The summed E-state index contributed by atoms with van der Waals surface area (Å²) < 4.78 is 38.2. The van der Waals surface area contributed by atoms with Crippen molar-refractivity contribution in [2.75, 3.05) is 13.1 Å². The van der Waals surface area contributed by atoms with Gasteiger partial charge in [-0.15, -0.1) is 0 Å². The molecular weight excluding hydrogens is 392 g/mol. The molecule has 1 heterocycles. The van der Waals surface area contributed by atoms with Gasteiger partial charge in [0.05, 0.1) is 4.90 Å². The number of nitrogens with one attached hydrogen (secondary N) is 2. The summed E-state index contributed by atoms with van der Waals surface area (Å²) in [6, 6.07) is 13.0. The van der Waals surface area contributed by atoms with Gasteiger partial charge in [-0.1, -0.05) is 29.8 Å². The molecule has 2 unspecified atom stereocenters. The summed E-state index contributed by atoms with van der Waals surface area (Å²) in [5.74, 6) is 0.708. The predicted molar refractivity (Wildman–Crippen MR) is 101 cm³/mol. The Kier molecular flexibility index (Phi) is 5.88. The van der Waals surface area contributed by atoms with Crippen LogP contribution in [0.25, 0.3) is 0 Å². The number of benzene rings is 2. The van der Waals surface area contributed by atoms with Crippen LogP contribution < -0.4 is 19.5 Å². The first-order valence-electron chi connectivity index (χ1n) is 8.32.